The molecule has 2 N–H and O–H groups in total. The Morgan fingerprint density at radius 1 is 1.37 bits per heavy atom. The van der Waals surface area contributed by atoms with Gasteiger partial charge in [-0.3, -0.25) is 0 Å². The maximum Gasteiger partial charge on any atom is 0.258 e. The fraction of sp³-hybridized carbons (Fsp3) is 0.333. The summed E-state index contributed by atoms with van der Waals surface area (Å²) in [4.78, 5) is 4.35. The van der Waals surface area contributed by atoms with Gasteiger partial charge in [-0.25, -0.2) is 13.6 Å². The van der Waals surface area contributed by atoms with E-state index < -0.39 is 10.0 Å². The molecule has 0 atom stereocenters. The van der Waals surface area contributed by atoms with E-state index in [1.165, 1.54) is 12.1 Å². The SMILES string of the molecule is Cc1ccc(S(N)(=O)=O)cc1-c1nc(C2CC2)no1. The molecule has 0 saturated heterocycles. The zero-order chi connectivity index (χ0) is 13.6. The van der Waals surface area contributed by atoms with Gasteiger partial charge in [-0.2, -0.15) is 4.98 Å². The Hall–Kier alpha value is -1.73. The van der Waals surface area contributed by atoms with Gasteiger partial charge < -0.3 is 4.52 Å². The number of benzene rings is 1. The van der Waals surface area contributed by atoms with Crippen LogP contribution in [-0.2, 0) is 10.0 Å². The molecule has 1 aliphatic carbocycles. The number of primary sulfonamides is 1. The average Bonchev–Trinajstić information content (AvgIpc) is 3.07. The first-order valence-corrected chi connectivity index (χ1v) is 7.47. The molecule has 1 heterocycles. The van der Waals surface area contributed by atoms with Crippen molar-refractivity contribution >= 4 is 10.0 Å². The molecule has 6 nitrogen and oxygen atoms in total. The van der Waals surface area contributed by atoms with Crippen molar-refractivity contribution in [3.05, 3.63) is 29.6 Å². The zero-order valence-electron chi connectivity index (χ0n) is 10.3. The van der Waals surface area contributed by atoms with E-state index in [1.54, 1.807) is 6.07 Å². The van der Waals surface area contributed by atoms with Crippen molar-refractivity contribution in [2.24, 2.45) is 5.14 Å². The van der Waals surface area contributed by atoms with Crippen molar-refractivity contribution in [2.45, 2.75) is 30.6 Å². The maximum absolute atomic E-state index is 11.4. The lowest BCUT2D eigenvalue weighted by atomic mass is 10.1. The van der Waals surface area contributed by atoms with E-state index in [0.717, 1.165) is 18.4 Å². The molecular formula is C12H13N3O3S. The summed E-state index contributed by atoms with van der Waals surface area (Å²) in [7, 11) is -3.74. The molecule has 19 heavy (non-hydrogen) atoms. The van der Waals surface area contributed by atoms with Gasteiger partial charge in [0.2, 0.25) is 10.0 Å². The summed E-state index contributed by atoms with van der Waals surface area (Å²) >= 11 is 0. The normalized spacial score (nSPS) is 15.7. The van der Waals surface area contributed by atoms with E-state index in [0.29, 0.717) is 23.2 Å². The van der Waals surface area contributed by atoms with Gasteiger partial charge in [0.05, 0.1) is 4.90 Å². The highest BCUT2D eigenvalue weighted by Gasteiger charge is 2.29. The summed E-state index contributed by atoms with van der Waals surface area (Å²) in [6.45, 7) is 1.85. The minimum Gasteiger partial charge on any atom is -0.334 e. The second-order valence-electron chi connectivity index (χ2n) is 4.75. The highest BCUT2D eigenvalue weighted by atomic mass is 32.2. The molecule has 0 aliphatic heterocycles. The van der Waals surface area contributed by atoms with Crippen LogP contribution in [0, 0.1) is 6.92 Å². The summed E-state index contributed by atoms with van der Waals surface area (Å²) in [5.74, 6) is 1.42. The van der Waals surface area contributed by atoms with Crippen LogP contribution in [0.1, 0.15) is 30.1 Å². The quantitative estimate of drug-likeness (QED) is 0.919. The minimum absolute atomic E-state index is 0.0410. The van der Waals surface area contributed by atoms with Crippen molar-refractivity contribution in [1.29, 1.82) is 0 Å². The first kappa shape index (κ1) is 12.3. The summed E-state index contributed by atoms with van der Waals surface area (Å²) < 4.78 is 27.9. The summed E-state index contributed by atoms with van der Waals surface area (Å²) in [5.41, 5.74) is 1.46. The number of nitrogens with two attached hydrogens (primary N) is 1. The van der Waals surface area contributed by atoms with Crippen LogP contribution in [0.25, 0.3) is 11.5 Å². The molecule has 1 aromatic heterocycles. The van der Waals surface area contributed by atoms with Gasteiger partial charge in [-0.1, -0.05) is 11.2 Å². The molecule has 0 bridgehead atoms. The highest BCUT2D eigenvalue weighted by molar-refractivity contribution is 7.89. The molecule has 2 aromatic rings. The number of sulfonamides is 1. The fourth-order valence-electron chi connectivity index (χ4n) is 1.86. The van der Waals surface area contributed by atoms with Crippen LogP contribution >= 0.6 is 0 Å². The number of rotatable bonds is 3. The Morgan fingerprint density at radius 3 is 2.74 bits per heavy atom. The van der Waals surface area contributed by atoms with Crippen LogP contribution in [0.5, 0.6) is 0 Å². The van der Waals surface area contributed by atoms with Crippen LogP contribution < -0.4 is 5.14 Å². The Morgan fingerprint density at radius 2 is 2.11 bits per heavy atom. The van der Waals surface area contributed by atoms with Gasteiger partial charge in [0.15, 0.2) is 5.82 Å². The largest absolute Gasteiger partial charge is 0.334 e. The van der Waals surface area contributed by atoms with Crippen LogP contribution in [0.3, 0.4) is 0 Å². The van der Waals surface area contributed by atoms with E-state index in [9.17, 15) is 8.42 Å². The van der Waals surface area contributed by atoms with Gasteiger partial charge in [-0.15, -0.1) is 0 Å². The van der Waals surface area contributed by atoms with E-state index >= 15 is 0 Å². The van der Waals surface area contributed by atoms with Gasteiger partial charge >= 0.3 is 0 Å². The van der Waals surface area contributed by atoms with Crippen molar-refractivity contribution in [3.63, 3.8) is 0 Å². The lowest BCUT2D eigenvalue weighted by molar-refractivity contribution is 0.422. The van der Waals surface area contributed by atoms with E-state index in [2.05, 4.69) is 10.1 Å². The second-order valence-corrected chi connectivity index (χ2v) is 6.32. The monoisotopic (exact) mass is 279 g/mol. The van der Waals surface area contributed by atoms with Crippen LogP contribution in [0.15, 0.2) is 27.6 Å². The molecule has 1 fully saturated rings. The van der Waals surface area contributed by atoms with Crippen molar-refractivity contribution in [1.82, 2.24) is 10.1 Å². The lowest BCUT2D eigenvalue weighted by Gasteiger charge is -2.03. The molecule has 0 spiro atoms. The van der Waals surface area contributed by atoms with E-state index in [1.807, 2.05) is 6.92 Å². The predicted octanol–water partition coefficient (Wildman–Crippen LogP) is 1.57. The number of hydrogen-bond acceptors (Lipinski definition) is 5. The Labute approximate surface area is 110 Å². The van der Waals surface area contributed by atoms with E-state index in [-0.39, 0.29) is 4.90 Å². The smallest absolute Gasteiger partial charge is 0.258 e. The molecule has 100 valence electrons. The first-order valence-electron chi connectivity index (χ1n) is 5.92. The molecule has 0 radical (unpaired) electrons. The van der Waals surface area contributed by atoms with Crippen molar-refractivity contribution in [2.75, 3.05) is 0 Å². The van der Waals surface area contributed by atoms with Crippen molar-refractivity contribution in [3.8, 4) is 11.5 Å². The first-order chi connectivity index (χ1) is 8.95. The van der Waals surface area contributed by atoms with E-state index in [4.69, 9.17) is 9.66 Å². The summed E-state index contributed by atoms with van der Waals surface area (Å²) in [6, 6.07) is 4.61. The van der Waals surface area contributed by atoms with Crippen LogP contribution in [-0.4, -0.2) is 18.6 Å². The summed E-state index contributed by atoms with van der Waals surface area (Å²) in [5, 5.41) is 9.04. The molecular weight excluding hydrogens is 266 g/mol. The summed E-state index contributed by atoms with van der Waals surface area (Å²) in [6.07, 6.45) is 2.16. The fourth-order valence-corrected chi connectivity index (χ4v) is 2.40. The molecule has 1 saturated carbocycles. The third-order valence-electron chi connectivity index (χ3n) is 3.15. The molecule has 1 aliphatic rings. The van der Waals surface area contributed by atoms with Gasteiger partial charge in [0.25, 0.3) is 5.89 Å². The molecule has 3 rings (SSSR count). The highest BCUT2D eigenvalue weighted by Crippen LogP contribution is 2.39. The number of hydrogen-bond donors (Lipinski definition) is 1. The third kappa shape index (κ3) is 2.39. The number of aromatic nitrogens is 2. The Kier molecular flexibility index (Phi) is 2.68. The van der Waals surface area contributed by atoms with Gasteiger partial charge in [0.1, 0.15) is 0 Å². The molecule has 7 heteroatoms. The lowest BCUT2D eigenvalue weighted by Crippen LogP contribution is -2.12. The van der Waals surface area contributed by atoms with Gasteiger partial charge in [0, 0.05) is 11.5 Å². The molecule has 1 aromatic carbocycles. The van der Waals surface area contributed by atoms with Gasteiger partial charge in [-0.05, 0) is 37.5 Å². The Balaban J connectivity index is 2.07. The standard InChI is InChI=1S/C12H13N3O3S/c1-7-2-5-9(19(13,16)17)6-10(7)12-14-11(15-18-12)8-3-4-8/h2,5-6,8H,3-4H2,1H3,(H2,13,16,17). The molecule has 0 amide bonds. The van der Waals surface area contributed by atoms with Crippen LogP contribution in [0.2, 0.25) is 0 Å². The maximum atomic E-state index is 11.4. The minimum atomic E-state index is -3.74. The topological polar surface area (TPSA) is 99.1 Å². The second kappa shape index (κ2) is 4.14. The number of aryl methyl sites for hydroxylation is 1. The average molecular weight is 279 g/mol. The number of nitrogens with zero attached hydrogens (tertiary/aromatic N) is 2. The molecule has 0 unspecified atom stereocenters. The van der Waals surface area contributed by atoms with Crippen molar-refractivity contribution < 1.29 is 12.9 Å². The third-order valence-corrected chi connectivity index (χ3v) is 4.06. The zero-order valence-corrected chi connectivity index (χ0v) is 11.1. The van der Waals surface area contributed by atoms with Crippen LogP contribution in [0.4, 0.5) is 0 Å². The Bertz CT molecular complexity index is 732. The predicted molar refractivity (Wildman–Crippen MR) is 67.8 cm³/mol.